The standard InChI is InChI=1S/C11H8Cl2N2O/c12-8-2-1-6(5-9(8)13)10-7(11(14)16)3-4-15-10/h1-5,15H,(H2,14,16). The third-order valence-corrected chi connectivity index (χ3v) is 2.96. The highest BCUT2D eigenvalue weighted by molar-refractivity contribution is 6.42. The van der Waals surface area contributed by atoms with Crippen molar-refractivity contribution in [2.24, 2.45) is 5.73 Å². The molecule has 82 valence electrons. The third kappa shape index (κ3) is 1.92. The number of hydrogen-bond donors (Lipinski definition) is 2. The highest BCUT2D eigenvalue weighted by Gasteiger charge is 2.11. The van der Waals surface area contributed by atoms with E-state index < -0.39 is 5.91 Å². The molecule has 1 amide bonds. The Balaban J connectivity index is 2.54. The van der Waals surface area contributed by atoms with Crippen molar-refractivity contribution in [1.82, 2.24) is 4.98 Å². The molecule has 3 N–H and O–H groups in total. The summed E-state index contributed by atoms with van der Waals surface area (Å²) in [6, 6.07) is 6.75. The second-order valence-electron chi connectivity index (χ2n) is 3.26. The van der Waals surface area contributed by atoms with E-state index in [1.54, 1.807) is 30.5 Å². The van der Waals surface area contributed by atoms with E-state index in [-0.39, 0.29) is 0 Å². The fraction of sp³-hybridized carbons (Fsp3) is 0. The largest absolute Gasteiger partial charge is 0.366 e. The van der Waals surface area contributed by atoms with E-state index in [0.29, 0.717) is 21.3 Å². The Bertz CT molecular complexity index is 549. The van der Waals surface area contributed by atoms with Crippen molar-refractivity contribution in [3.05, 3.63) is 46.1 Å². The Labute approximate surface area is 102 Å². The highest BCUT2D eigenvalue weighted by atomic mass is 35.5. The number of nitrogens with one attached hydrogen (secondary N) is 1. The zero-order chi connectivity index (χ0) is 11.7. The normalized spacial score (nSPS) is 10.4. The predicted molar refractivity (Wildman–Crippen MR) is 64.8 cm³/mol. The summed E-state index contributed by atoms with van der Waals surface area (Å²) < 4.78 is 0. The first-order valence-electron chi connectivity index (χ1n) is 4.52. The molecule has 0 saturated carbocycles. The van der Waals surface area contributed by atoms with Gasteiger partial charge in [-0.2, -0.15) is 0 Å². The molecule has 0 saturated heterocycles. The molecule has 0 aliphatic heterocycles. The van der Waals surface area contributed by atoms with E-state index in [0.717, 1.165) is 5.56 Å². The molecule has 0 aliphatic rings. The van der Waals surface area contributed by atoms with Crippen LogP contribution >= 0.6 is 23.2 Å². The molecule has 0 unspecified atom stereocenters. The molecule has 1 aromatic carbocycles. The first-order valence-corrected chi connectivity index (χ1v) is 5.28. The van der Waals surface area contributed by atoms with Crippen LogP contribution in [0, 0.1) is 0 Å². The fourth-order valence-corrected chi connectivity index (χ4v) is 1.76. The molecule has 5 heteroatoms. The minimum absolute atomic E-state index is 0.429. The first-order chi connectivity index (χ1) is 7.59. The van der Waals surface area contributed by atoms with E-state index in [1.807, 2.05) is 0 Å². The number of rotatable bonds is 2. The second kappa shape index (κ2) is 4.20. The third-order valence-electron chi connectivity index (χ3n) is 2.22. The van der Waals surface area contributed by atoms with Crippen LogP contribution in [0.15, 0.2) is 30.5 Å². The minimum atomic E-state index is -0.484. The number of aromatic nitrogens is 1. The number of amides is 1. The smallest absolute Gasteiger partial charge is 0.250 e. The first kappa shape index (κ1) is 11.0. The van der Waals surface area contributed by atoms with Crippen molar-refractivity contribution in [2.45, 2.75) is 0 Å². The summed E-state index contributed by atoms with van der Waals surface area (Å²) in [5.74, 6) is -0.484. The number of carbonyl (C=O) groups excluding carboxylic acids is 1. The summed E-state index contributed by atoms with van der Waals surface area (Å²) in [7, 11) is 0. The molecule has 3 nitrogen and oxygen atoms in total. The van der Waals surface area contributed by atoms with Crippen molar-refractivity contribution in [3.8, 4) is 11.3 Å². The number of H-pyrrole nitrogens is 1. The van der Waals surface area contributed by atoms with Crippen LogP contribution in [0.1, 0.15) is 10.4 Å². The topological polar surface area (TPSA) is 58.9 Å². The van der Waals surface area contributed by atoms with E-state index >= 15 is 0 Å². The van der Waals surface area contributed by atoms with Gasteiger partial charge in [0.1, 0.15) is 0 Å². The number of benzene rings is 1. The van der Waals surface area contributed by atoms with Gasteiger partial charge >= 0.3 is 0 Å². The van der Waals surface area contributed by atoms with E-state index in [4.69, 9.17) is 28.9 Å². The Hall–Kier alpha value is -1.45. The van der Waals surface area contributed by atoms with Crippen LogP contribution in [0.5, 0.6) is 0 Å². The quantitative estimate of drug-likeness (QED) is 0.851. The molecule has 0 radical (unpaired) electrons. The SMILES string of the molecule is NC(=O)c1cc[nH]c1-c1ccc(Cl)c(Cl)c1. The van der Waals surface area contributed by atoms with Crippen LogP contribution in [-0.4, -0.2) is 10.9 Å². The molecule has 2 aromatic rings. The Morgan fingerprint density at radius 2 is 1.94 bits per heavy atom. The summed E-state index contributed by atoms with van der Waals surface area (Å²) in [4.78, 5) is 14.1. The van der Waals surface area contributed by atoms with Gasteiger partial charge in [-0.1, -0.05) is 29.3 Å². The van der Waals surface area contributed by atoms with Gasteiger partial charge in [0, 0.05) is 11.8 Å². The van der Waals surface area contributed by atoms with Crippen molar-refractivity contribution in [1.29, 1.82) is 0 Å². The van der Waals surface area contributed by atoms with Gasteiger partial charge in [-0.05, 0) is 18.2 Å². The molecule has 2 rings (SSSR count). The number of primary amides is 1. The lowest BCUT2D eigenvalue weighted by Gasteiger charge is -2.03. The number of aromatic amines is 1. The van der Waals surface area contributed by atoms with Crippen LogP contribution in [-0.2, 0) is 0 Å². The van der Waals surface area contributed by atoms with Crippen LogP contribution < -0.4 is 5.73 Å². The van der Waals surface area contributed by atoms with E-state index in [9.17, 15) is 4.79 Å². The molecule has 0 bridgehead atoms. The maximum Gasteiger partial charge on any atom is 0.250 e. The summed E-state index contributed by atoms with van der Waals surface area (Å²) in [5, 5.41) is 0.904. The van der Waals surface area contributed by atoms with Gasteiger partial charge in [0.2, 0.25) is 0 Å². The van der Waals surface area contributed by atoms with Gasteiger partial charge < -0.3 is 10.7 Å². The fourth-order valence-electron chi connectivity index (χ4n) is 1.47. The van der Waals surface area contributed by atoms with E-state index in [2.05, 4.69) is 4.98 Å². The molecule has 1 aromatic heterocycles. The molecule has 1 heterocycles. The average molecular weight is 255 g/mol. The maximum atomic E-state index is 11.2. The number of carbonyl (C=O) groups is 1. The molecule has 0 atom stereocenters. The lowest BCUT2D eigenvalue weighted by molar-refractivity contribution is 0.100. The average Bonchev–Trinajstić information content (AvgIpc) is 2.71. The molecular weight excluding hydrogens is 247 g/mol. The Kier molecular flexibility index (Phi) is 2.90. The zero-order valence-corrected chi connectivity index (χ0v) is 9.64. The maximum absolute atomic E-state index is 11.2. The Morgan fingerprint density at radius 1 is 1.19 bits per heavy atom. The van der Waals surface area contributed by atoms with Gasteiger partial charge in [0.05, 0.1) is 21.3 Å². The summed E-state index contributed by atoms with van der Waals surface area (Å²) >= 11 is 11.7. The van der Waals surface area contributed by atoms with Crippen molar-refractivity contribution in [2.75, 3.05) is 0 Å². The Morgan fingerprint density at radius 3 is 2.56 bits per heavy atom. The lowest BCUT2D eigenvalue weighted by Crippen LogP contribution is -2.11. The number of nitrogens with two attached hydrogens (primary N) is 1. The predicted octanol–water partition coefficient (Wildman–Crippen LogP) is 3.09. The minimum Gasteiger partial charge on any atom is -0.366 e. The van der Waals surface area contributed by atoms with Crippen molar-refractivity contribution < 1.29 is 4.79 Å². The molecular formula is C11H8Cl2N2O. The zero-order valence-electron chi connectivity index (χ0n) is 8.13. The van der Waals surface area contributed by atoms with Crippen molar-refractivity contribution >= 4 is 29.1 Å². The van der Waals surface area contributed by atoms with Crippen LogP contribution in [0.3, 0.4) is 0 Å². The monoisotopic (exact) mass is 254 g/mol. The van der Waals surface area contributed by atoms with Crippen LogP contribution in [0.25, 0.3) is 11.3 Å². The lowest BCUT2D eigenvalue weighted by atomic mass is 10.1. The molecule has 0 fully saturated rings. The molecule has 0 spiro atoms. The number of halogens is 2. The summed E-state index contributed by atoms with van der Waals surface area (Å²) in [6.07, 6.45) is 1.65. The van der Waals surface area contributed by atoms with Gasteiger partial charge in [-0.25, -0.2) is 0 Å². The van der Waals surface area contributed by atoms with Gasteiger partial charge in [0.25, 0.3) is 5.91 Å². The second-order valence-corrected chi connectivity index (χ2v) is 4.07. The van der Waals surface area contributed by atoms with Gasteiger partial charge in [-0.15, -0.1) is 0 Å². The van der Waals surface area contributed by atoms with Gasteiger partial charge in [-0.3, -0.25) is 4.79 Å². The number of hydrogen-bond acceptors (Lipinski definition) is 1. The molecule has 0 aliphatic carbocycles. The van der Waals surface area contributed by atoms with E-state index in [1.165, 1.54) is 0 Å². The summed E-state index contributed by atoms with van der Waals surface area (Å²) in [6.45, 7) is 0. The molecule has 16 heavy (non-hydrogen) atoms. The van der Waals surface area contributed by atoms with Crippen molar-refractivity contribution in [3.63, 3.8) is 0 Å². The van der Waals surface area contributed by atoms with Crippen LogP contribution in [0.2, 0.25) is 10.0 Å². The van der Waals surface area contributed by atoms with Gasteiger partial charge in [0.15, 0.2) is 0 Å². The highest BCUT2D eigenvalue weighted by Crippen LogP contribution is 2.29. The van der Waals surface area contributed by atoms with Crippen LogP contribution in [0.4, 0.5) is 0 Å². The summed E-state index contributed by atoms with van der Waals surface area (Å²) in [5.41, 5.74) is 7.09.